The van der Waals surface area contributed by atoms with E-state index < -0.39 is 41.8 Å². The second-order valence-electron chi connectivity index (χ2n) is 10.8. The van der Waals surface area contributed by atoms with Crippen molar-refractivity contribution in [1.82, 2.24) is 16.0 Å². The van der Waals surface area contributed by atoms with E-state index >= 15 is 0 Å². The molecule has 0 fully saturated rings. The Balaban J connectivity index is 4.19. The first kappa shape index (κ1) is 37.7. The van der Waals surface area contributed by atoms with Crippen LogP contribution < -0.4 is 27.4 Å². The molecule has 1 unspecified atom stereocenters. The average molecular weight is 574 g/mol. The Bertz CT molecular complexity index is 793. The molecule has 0 rings (SSSR count). The van der Waals surface area contributed by atoms with Crippen molar-refractivity contribution in [2.24, 2.45) is 21.5 Å². The number of amidine groups is 2. The molecule has 0 spiro atoms. The molecular weight excluding hydrogens is 518 g/mol. The van der Waals surface area contributed by atoms with Gasteiger partial charge in [-0.25, -0.2) is 0 Å². The van der Waals surface area contributed by atoms with Crippen LogP contribution in [-0.4, -0.2) is 106 Å². The molecule has 0 aromatic carbocycles. The standard InChI is InChI=1S/C27H55N7O6/c1-6-18(3)30-14-15-31-19(28)12-10-8-9-11-13-20(29)32-16-17-33-25(39)23(37)21(35)22(36)24(38)26(40)34-27(4,5)7-2/h18,21-24,30,35-38H,6-17H2,1-5H3,(H2,28,31)(H2,29,32)(H,33,39)(H,34,40)/t18?,21-,22+,23+,24-/m0/s1. The summed E-state index contributed by atoms with van der Waals surface area (Å²) in [7, 11) is 0. The van der Waals surface area contributed by atoms with Crippen LogP contribution >= 0.6 is 0 Å². The minimum absolute atomic E-state index is 0.0403. The summed E-state index contributed by atoms with van der Waals surface area (Å²) in [6.45, 7) is 11.3. The highest BCUT2D eigenvalue weighted by atomic mass is 16.4. The van der Waals surface area contributed by atoms with E-state index in [0.29, 0.717) is 37.1 Å². The molecule has 40 heavy (non-hydrogen) atoms. The SMILES string of the molecule is CCC(C)NCCN=C(N)CCCCCCC(N)=NCCNC(=O)[C@H](O)[C@@H](O)[C@@H](O)[C@H](O)C(=O)NC(C)(C)CC. The van der Waals surface area contributed by atoms with Crippen LogP contribution in [0.4, 0.5) is 0 Å². The smallest absolute Gasteiger partial charge is 0.252 e. The van der Waals surface area contributed by atoms with Crippen LogP contribution in [-0.2, 0) is 9.59 Å². The van der Waals surface area contributed by atoms with E-state index in [1.54, 1.807) is 13.8 Å². The maximum absolute atomic E-state index is 12.1. The molecule has 0 aromatic heterocycles. The monoisotopic (exact) mass is 573 g/mol. The average Bonchev–Trinajstić information content (AvgIpc) is 2.92. The summed E-state index contributed by atoms with van der Waals surface area (Å²) in [6, 6.07) is 0.485. The molecule has 0 saturated heterocycles. The van der Waals surface area contributed by atoms with Crippen LogP contribution in [0.15, 0.2) is 9.98 Å². The van der Waals surface area contributed by atoms with Gasteiger partial charge in [0.15, 0.2) is 12.2 Å². The maximum atomic E-state index is 12.1. The van der Waals surface area contributed by atoms with Crippen LogP contribution in [0.25, 0.3) is 0 Å². The second-order valence-corrected chi connectivity index (χ2v) is 10.8. The zero-order chi connectivity index (χ0) is 30.7. The Kier molecular flexibility index (Phi) is 19.3. The van der Waals surface area contributed by atoms with Crippen LogP contribution in [0, 0.1) is 0 Å². The Morgan fingerprint density at radius 1 is 0.800 bits per heavy atom. The van der Waals surface area contributed by atoms with Gasteiger partial charge in [0.25, 0.3) is 11.8 Å². The van der Waals surface area contributed by atoms with Gasteiger partial charge in [-0.05, 0) is 46.5 Å². The highest BCUT2D eigenvalue weighted by Gasteiger charge is 2.38. The van der Waals surface area contributed by atoms with E-state index in [4.69, 9.17) is 11.5 Å². The number of aliphatic hydroxyl groups excluding tert-OH is 4. The van der Waals surface area contributed by atoms with Gasteiger partial charge >= 0.3 is 0 Å². The number of aliphatic imine (C=N–C) groups is 2. The molecular formula is C27H55N7O6. The first-order valence-electron chi connectivity index (χ1n) is 14.4. The molecule has 2 amide bonds. The predicted molar refractivity (Wildman–Crippen MR) is 158 cm³/mol. The van der Waals surface area contributed by atoms with Gasteiger partial charge in [0.05, 0.1) is 24.8 Å². The summed E-state index contributed by atoms with van der Waals surface area (Å²) in [4.78, 5) is 32.8. The third-order valence-electron chi connectivity index (χ3n) is 6.75. The molecule has 0 radical (unpaired) electrons. The number of hydrogen-bond acceptors (Lipinski definition) is 9. The largest absolute Gasteiger partial charge is 0.387 e. The van der Waals surface area contributed by atoms with E-state index in [2.05, 4.69) is 39.8 Å². The molecule has 13 nitrogen and oxygen atoms in total. The Hall–Kier alpha value is -2.32. The van der Waals surface area contributed by atoms with E-state index in [-0.39, 0.29) is 13.1 Å². The minimum Gasteiger partial charge on any atom is -0.387 e. The van der Waals surface area contributed by atoms with Crippen molar-refractivity contribution in [2.45, 2.75) is 122 Å². The van der Waals surface area contributed by atoms with Crippen LogP contribution in [0.1, 0.15) is 86.0 Å². The van der Waals surface area contributed by atoms with Gasteiger partial charge in [0.1, 0.15) is 12.2 Å². The fourth-order valence-corrected chi connectivity index (χ4v) is 3.44. The number of carbonyl (C=O) groups is 2. The van der Waals surface area contributed by atoms with E-state index in [0.717, 1.165) is 45.1 Å². The number of amides is 2. The number of carbonyl (C=O) groups excluding carboxylic acids is 2. The van der Waals surface area contributed by atoms with E-state index in [1.807, 2.05) is 6.92 Å². The Morgan fingerprint density at radius 2 is 1.27 bits per heavy atom. The normalized spacial score (nSPS) is 16.6. The first-order chi connectivity index (χ1) is 18.8. The Morgan fingerprint density at radius 3 is 1.75 bits per heavy atom. The van der Waals surface area contributed by atoms with Crippen molar-refractivity contribution in [3.63, 3.8) is 0 Å². The van der Waals surface area contributed by atoms with Crippen molar-refractivity contribution in [3.05, 3.63) is 0 Å². The number of hydrogen-bond donors (Lipinski definition) is 9. The number of aliphatic hydroxyl groups is 4. The molecule has 0 aliphatic heterocycles. The summed E-state index contributed by atoms with van der Waals surface area (Å²) in [5.74, 6) is -0.769. The quantitative estimate of drug-likeness (QED) is 0.0452. The summed E-state index contributed by atoms with van der Waals surface area (Å²) >= 11 is 0. The van der Waals surface area contributed by atoms with E-state index in [9.17, 15) is 30.0 Å². The number of nitrogens with two attached hydrogens (primary N) is 2. The van der Waals surface area contributed by atoms with Crippen LogP contribution in [0.3, 0.4) is 0 Å². The molecule has 5 atom stereocenters. The van der Waals surface area contributed by atoms with Crippen molar-refractivity contribution in [3.8, 4) is 0 Å². The van der Waals surface area contributed by atoms with Gasteiger partial charge in [-0.2, -0.15) is 0 Å². The summed E-state index contributed by atoms with van der Waals surface area (Å²) < 4.78 is 0. The molecule has 0 saturated carbocycles. The third kappa shape index (κ3) is 16.7. The summed E-state index contributed by atoms with van der Waals surface area (Å²) in [5.41, 5.74) is 11.2. The first-order valence-corrected chi connectivity index (χ1v) is 14.4. The zero-order valence-corrected chi connectivity index (χ0v) is 25.0. The van der Waals surface area contributed by atoms with Gasteiger partial charge in [0.2, 0.25) is 0 Å². The molecule has 0 bridgehead atoms. The van der Waals surface area contributed by atoms with Crippen LogP contribution in [0.5, 0.6) is 0 Å². The molecule has 13 heteroatoms. The topological polar surface area (TPSA) is 228 Å². The molecule has 0 heterocycles. The van der Waals surface area contributed by atoms with Crippen LogP contribution in [0.2, 0.25) is 0 Å². The lowest BCUT2D eigenvalue weighted by Crippen LogP contribution is -2.57. The van der Waals surface area contributed by atoms with Gasteiger partial charge in [-0.1, -0.05) is 26.7 Å². The molecule has 0 aliphatic rings. The Labute approximate surface area is 239 Å². The highest BCUT2D eigenvalue weighted by molar-refractivity contribution is 5.83. The van der Waals surface area contributed by atoms with Crippen molar-refractivity contribution in [1.29, 1.82) is 0 Å². The highest BCUT2D eigenvalue weighted by Crippen LogP contribution is 2.11. The molecule has 0 aliphatic carbocycles. The fourth-order valence-electron chi connectivity index (χ4n) is 3.44. The lowest BCUT2D eigenvalue weighted by atomic mass is 9.98. The van der Waals surface area contributed by atoms with Gasteiger partial charge in [-0.3, -0.25) is 19.6 Å². The number of nitrogens with zero attached hydrogens (tertiary/aromatic N) is 2. The zero-order valence-electron chi connectivity index (χ0n) is 25.0. The van der Waals surface area contributed by atoms with Crippen molar-refractivity contribution >= 4 is 23.5 Å². The van der Waals surface area contributed by atoms with Crippen molar-refractivity contribution in [2.75, 3.05) is 26.2 Å². The minimum atomic E-state index is -2.08. The second kappa shape index (κ2) is 20.5. The summed E-state index contributed by atoms with van der Waals surface area (Å²) in [5, 5.41) is 48.5. The molecule has 11 N–H and O–H groups in total. The van der Waals surface area contributed by atoms with Gasteiger partial charge in [0, 0.05) is 37.5 Å². The lowest BCUT2D eigenvalue weighted by Gasteiger charge is -2.29. The van der Waals surface area contributed by atoms with Crippen molar-refractivity contribution < 1.29 is 30.0 Å². The lowest BCUT2D eigenvalue weighted by molar-refractivity contribution is -0.156. The fraction of sp³-hybridized carbons (Fsp3) is 0.852. The number of rotatable bonds is 22. The maximum Gasteiger partial charge on any atom is 0.252 e. The number of nitrogens with one attached hydrogen (secondary N) is 3. The molecule has 0 aromatic rings. The van der Waals surface area contributed by atoms with Gasteiger partial charge < -0.3 is 47.8 Å². The number of unbranched alkanes of at least 4 members (excludes halogenated alkanes) is 3. The summed E-state index contributed by atoms with van der Waals surface area (Å²) in [6.07, 6.45) is -1.40. The molecule has 234 valence electrons. The van der Waals surface area contributed by atoms with Gasteiger partial charge in [-0.15, -0.1) is 0 Å². The third-order valence-corrected chi connectivity index (χ3v) is 6.75. The van der Waals surface area contributed by atoms with E-state index in [1.165, 1.54) is 0 Å². The predicted octanol–water partition coefficient (Wildman–Crippen LogP) is -0.706.